The lowest BCUT2D eigenvalue weighted by atomic mass is 10.2. The molecule has 3 nitrogen and oxygen atoms in total. The van der Waals surface area contributed by atoms with Crippen LogP contribution in [0, 0.1) is 0 Å². The Balaban J connectivity index is 1.82. The molecule has 1 N–H and O–H groups in total. The predicted octanol–water partition coefficient (Wildman–Crippen LogP) is 5.05. The lowest BCUT2D eigenvalue weighted by molar-refractivity contribution is 0.619. The first kappa shape index (κ1) is 14.6. The molecule has 0 aliphatic rings. The first-order chi connectivity index (χ1) is 10.2. The van der Waals surface area contributed by atoms with Crippen LogP contribution in [0.15, 0.2) is 34.1 Å². The van der Waals surface area contributed by atoms with E-state index in [-0.39, 0.29) is 0 Å². The maximum absolute atomic E-state index is 4.63. The van der Waals surface area contributed by atoms with E-state index >= 15 is 0 Å². The van der Waals surface area contributed by atoms with E-state index in [9.17, 15) is 0 Å². The van der Waals surface area contributed by atoms with E-state index < -0.39 is 0 Å². The average Bonchev–Trinajstić information content (AvgIpc) is 3.08. The Morgan fingerprint density at radius 1 is 1.29 bits per heavy atom. The van der Waals surface area contributed by atoms with Crippen molar-refractivity contribution in [3.05, 3.63) is 45.5 Å². The molecule has 0 atom stereocenters. The van der Waals surface area contributed by atoms with Gasteiger partial charge >= 0.3 is 0 Å². The van der Waals surface area contributed by atoms with Gasteiger partial charge in [-0.2, -0.15) is 5.10 Å². The van der Waals surface area contributed by atoms with Crippen LogP contribution in [0.1, 0.15) is 25.2 Å². The van der Waals surface area contributed by atoms with Gasteiger partial charge in [0.25, 0.3) is 0 Å². The van der Waals surface area contributed by atoms with Crippen molar-refractivity contribution in [2.75, 3.05) is 5.32 Å². The number of benzene rings is 1. The third-order valence-electron chi connectivity index (χ3n) is 3.61. The highest BCUT2D eigenvalue weighted by Gasteiger charge is 2.13. The molecule has 0 saturated carbocycles. The largest absolute Gasteiger partial charge is 0.379 e. The van der Waals surface area contributed by atoms with Crippen molar-refractivity contribution in [2.24, 2.45) is 0 Å². The summed E-state index contributed by atoms with van der Waals surface area (Å²) in [5.74, 6) is 0. The third-order valence-corrected chi connectivity index (χ3v) is 5.42. The zero-order valence-electron chi connectivity index (χ0n) is 12.2. The van der Waals surface area contributed by atoms with Gasteiger partial charge in [-0.3, -0.25) is 4.68 Å². The molecule has 2 heterocycles. The minimum atomic E-state index is 0.775. The molecule has 0 aliphatic heterocycles. The highest BCUT2D eigenvalue weighted by atomic mass is 79.9. The maximum atomic E-state index is 4.63. The standard InChI is InChI=1S/C16H18BrN3S/c1-3-13-16(17)14(20(4-2)19-13)10-18-12-5-6-15-11(9-12)7-8-21-15/h5-9,18H,3-4,10H2,1-2H3. The number of rotatable bonds is 5. The van der Waals surface area contributed by atoms with Crippen LogP contribution in [0.4, 0.5) is 5.69 Å². The number of anilines is 1. The van der Waals surface area contributed by atoms with E-state index in [1.807, 2.05) is 0 Å². The average molecular weight is 364 g/mol. The number of fused-ring (bicyclic) bond motifs is 1. The van der Waals surface area contributed by atoms with Crippen molar-refractivity contribution < 1.29 is 0 Å². The molecular formula is C16H18BrN3S. The zero-order valence-corrected chi connectivity index (χ0v) is 14.6. The van der Waals surface area contributed by atoms with Gasteiger partial charge in [0.2, 0.25) is 0 Å². The van der Waals surface area contributed by atoms with Crippen LogP contribution >= 0.6 is 27.3 Å². The molecule has 0 amide bonds. The number of aryl methyl sites for hydroxylation is 2. The quantitative estimate of drug-likeness (QED) is 0.686. The molecule has 21 heavy (non-hydrogen) atoms. The first-order valence-corrected chi connectivity index (χ1v) is 8.85. The molecule has 0 aliphatic carbocycles. The highest BCUT2D eigenvalue weighted by molar-refractivity contribution is 9.10. The fourth-order valence-corrected chi connectivity index (χ4v) is 3.92. The second-order valence-electron chi connectivity index (χ2n) is 4.90. The van der Waals surface area contributed by atoms with Gasteiger partial charge in [0.05, 0.1) is 22.4 Å². The number of nitrogens with one attached hydrogen (secondary N) is 1. The number of nitrogens with zero attached hydrogens (tertiary/aromatic N) is 2. The normalized spacial score (nSPS) is 11.2. The summed E-state index contributed by atoms with van der Waals surface area (Å²) in [5, 5.41) is 11.6. The fourth-order valence-electron chi connectivity index (χ4n) is 2.45. The summed E-state index contributed by atoms with van der Waals surface area (Å²) in [6.45, 7) is 5.92. The molecule has 1 aromatic carbocycles. The minimum Gasteiger partial charge on any atom is -0.379 e. The van der Waals surface area contributed by atoms with Crippen molar-refractivity contribution in [1.29, 1.82) is 0 Å². The van der Waals surface area contributed by atoms with Gasteiger partial charge in [0.15, 0.2) is 0 Å². The molecule has 0 bridgehead atoms. The molecule has 0 unspecified atom stereocenters. The number of halogens is 1. The van der Waals surface area contributed by atoms with E-state index in [2.05, 4.69) is 74.5 Å². The van der Waals surface area contributed by atoms with Crippen molar-refractivity contribution in [3.63, 3.8) is 0 Å². The monoisotopic (exact) mass is 363 g/mol. The summed E-state index contributed by atoms with van der Waals surface area (Å²) >= 11 is 5.46. The molecule has 0 radical (unpaired) electrons. The van der Waals surface area contributed by atoms with E-state index in [1.54, 1.807) is 11.3 Å². The molecule has 0 saturated heterocycles. The molecule has 0 spiro atoms. The molecule has 110 valence electrons. The summed E-state index contributed by atoms with van der Waals surface area (Å²) in [5.41, 5.74) is 3.48. The van der Waals surface area contributed by atoms with Crippen molar-refractivity contribution in [2.45, 2.75) is 33.4 Å². The Kier molecular flexibility index (Phi) is 4.31. The van der Waals surface area contributed by atoms with Gasteiger partial charge in [0.1, 0.15) is 0 Å². The van der Waals surface area contributed by atoms with Crippen LogP contribution in [-0.4, -0.2) is 9.78 Å². The number of hydrogen-bond acceptors (Lipinski definition) is 3. The summed E-state index contributed by atoms with van der Waals surface area (Å²) in [7, 11) is 0. The van der Waals surface area contributed by atoms with Gasteiger partial charge in [0, 0.05) is 16.9 Å². The van der Waals surface area contributed by atoms with Crippen LogP contribution in [0.25, 0.3) is 10.1 Å². The van der Waals surface area contributed by atoms with E-state index in [1.165, 1.54) is 15.8 Å². The molecular weight excluding hydrogens is 346 g/mol. The zero-order chi connectivity index (χ0) is 14.8. The van der Waals surface area contributed by atoms with Crippen molar-refractivity contribution >= 4 is 43.0 Å². The lowest BCUT2D eigenvalue weighted by Crippen LogP contribution is -2.08. The molecule has 0 fully saturated rings. The van der Waals surface area contributed by atoms with Crippen LogP contribution in [0.3, 0.4) is 0 Å². The smallest absolute Gasteiger partial charge is 0.0767 e. The Bertz CT molecular complexity index is 760. The summed E-state index contributed by atoms with van der Waals surface area (Å²) in [4.78, 5) is 0. The van der Waals surface area contributed by atoms with Gasteiger partial charge in [-0.15, -0.1) is 11.3 Å². The Morgan fingerprint density at radius 2 is 2.14 bits per heavy atom. The molecule has 3 aromatic rings. The maximum Gasteiger partial charge on any atom is 0.0767 e. The second-order valence-corrected chi connectivity index (χ2v) is 6.64. The second kappa shape index (κ2) is 6.20. The van der Waals surface area contributed by atoms with Gasteiger partial charge in [-0.25, -0.2) is 0 Å². The van der Waals surface area contributed by atoms with Crippen LogP contribution in [0.5, 0.6) is 0 Å². The van der Waals surface area contributed by atoms with Crippen LogP contribution in [0.2, 0.25) is 0 Å². The fraction of sp³-hybridized carbons (Fsp3) is 0.312. The minimum absolute atomic E-state index is 0.775. The summed E-state index contributed by atoms with van der Waals surface area (Å²) in [6.07, 6.45) is 0.946. The van der Waals surface area contributed by atoms with Crippen LogP contribution < -0.4 is 5.32 Å². The summed E-state index contributed by atoms with van der Waals surface area (Å²) in [6, 6.07) is 8.67. The summed E-state index contributed by atoms with van der Waals surface area (Å²) < 4.78 is 4.53. The van der Waals surface area contributed by atoms with Crippen LogP contribution in [-0.2, 0) is 19.5 Å². The van der Waals surface area contributed by atoms with Gasteiger partial charge in [-0.05, 0) is 64.3 Å². The van der Waals surface area contributed by atoms with E-state index in [0.717, 1.165) is 35.4 Å². The van der Waals surface area contributed by atoms with Gasteiger partial charge < -0.3 is 5.32 Å². The topological polar surface area (TPSA) is 29.9 Å². The molecule has 3 rings (SSSR count). The Morgan fingerprint density at radius 3 is 2.90 bits per heavy atom. The van der Waals surface area contributed by atoms with E-state index in [4.69, 9.17) is 0 Å². The predicted molar refractivity (Wildman–Crippen MR) is 94.1 cm³/mol. The highest BCUT2D eigenvalue weighted by Crippen LogP contribution is 2.26. The number of hydrogen-bond donors (Lipinski definition) is 1. The third kappa shape index (κ3) is 2.85. The molecule has 2 aromatic heterocycles. The number of thiophene rings is 1. The Labute approximate surface area is 137 Å². The van der Waals surface area contributed by atoms with Crippen molar-refractivity contribution in [1.82, 2.24) is 9.78 Å². The van der Waals surface area contributed by atoms with E-state index in [0.29, 0.717) is 0 Å². The van der Waals surface area contributed by atoms with Crippen molar-refractivity contribution in [3.8, 4) is 0 Å². The first-order valence-electron chi connectivity index (χ1n) is 7.18. The number of aromatic nitrogens is 2. The molecule has 5 heteroatoms. The Hall–Kier alpha value is -1.33. The SMILES string of the molecule is CCc1nn(CC)c(CNc2ccc3sccc3c2)c1Br. The van der Waals surface area contributed by atoms with Gasteiger partial charge in [-0.1, -0.05) is 6.92 Å². The lowest BCUT2D eigenvalue weighted by Gasteiger charge is -2.09.